The molecule has 5 heteroatoms. The van der Waals surface area contributed by atoms with Gasteiger partial charge in [0, 0.05) is 24.0 Å². The minimum atomic E-state index is -1.12. The Hall–Kier alpha value is -1.85. The smallest absolute Gasteiger partial charge is 0.270 e. The molecular formula is C17H22N2O3. The van der Waals surface area contributed by atoms with Gasteiger partial charge in [-0.05, 0) is 31.4 Å². The first-order valence-electron chi connectivity index (χ1n) is 7.73. The van der Waals surface area contributed by atoms with Crippen molar-refractivity contribution in [2.45, 2.75) is 38.4 Å². The monoisotopic (exact) mass is 302 g/mol. The molecule has 1 fully saturated rings. The van der Waals surface area contributed by atoms with Crippen LogP contribution in [-0.2, 0) is 6.42 Å². The van der Waals surface area contributed by atoms with E-state index < -0.39 is 11.7 Å². The number of para-hydroxylation sites is 1. The zero-order chi connectivity index (χ0) is 15.9. The highest BCUT2D eigenvalue weighted by atomic mass is 16.3. The molecule has 22 heavy (non-hydrogen) atoms. The van der Waals surface area contributed by atoms with Crippen molar-refractivity contribution in [2.24, 2.45) is 0 Å². The second-order valence-corrected chi connectivity index (χ2v) is 6.25. The highest BCUT2D eigenvalue weighted by Gasteiger charge is 2.38. The predicted molar refractivity (Wildman–Crippen MR) is 84.8 cm³/mol. The molecule has 0 spiro atoms. The molecule has 1 amide bonds. The van der Waals surface area contributed by atoms with E-state index >= 15 is 0 Å². The Bertz CT molecular complexity index is 705. The summed E-state index contributed by atoms with van der Waals surface area (Å²) in [6, 6.07) is 7.87. The van der Waals surface area contributed by atoms with Crippen molar-refractivity contribution in [3.05, 3.63) is 35.5 Å². The first-order valence-corrected chi connectivity index (χ1v) is 7.73. The average Bonchev–Trinajstić information content (AvgIpc) is 2.87. The van der Waals surface area contributed by atoms with Crippen molar-refractivity contribution < 1.29 is 15.0 Å². The SMILES string of the molecule is CCc1c(C(=O)N2CC[C@@](C)(O)[C@H](O)C2)[nH]c2ccccc12. The molecule has 2 heterocycles. The molecule has 0 saturated carbocycles. The number of H-pyrrole nitrogens is 1. The van der Waals surface area contributed by atoms with Crippen LogP contribution in [-0.4, -0.2) is 50.8 Å². The number of hydrogen-bond donors (Lipinski definition) is 3. The minimum Gasteiger partial charge on any atom is -0.388 e. The van der Waals surface area contributed by atoms with Crippen molar-refractivity contribution >= 4 is 16.8 Å². The summed E-state index contributed by atoms with van der Waals surface area (Å²) < 4.78 is 0. The van der Waals surface area contributed by atoms with Crippen LogP contribution in [0.3, 0.4) is 0 Å². The number of aromatic amines is 1. The van der Waals surface area contributed by atoms with E-state index in [0.29, 0.717) is 18.7 Å². The Labute approximate surface area is 129 Å². The van der Waals surface area contributed by atoms with Gasteiger partial charge in [-0.3, -0.25) is 4.79 Å². The fourth-order valence-electron chi connectivity index (χ4n) is 3.12. The van der Waals surface area contributed by atoms with Crippen molar-refractivity contribution in [2.75, 3.05) is 13.1 Å². The molecule has 0 bridgehead atoms. The number of nitrogens with one attached hydrogen (secondary N) is 1. The van der Waals surface area contributed by atoms with Crippen LogP contribution < -0.4 is 0 Å². The number of β-amino-alcohol motifs (C(OH)–C–C–N with tert-alkyl or cyclic N) is 1. The molecule has 1 saturated heterocycles. The van der Waals surface area contributed by atoms with Gasteiger partial charge in [0.05, 0.1) is 11.7 Å². The summed E-state index contributed by atoms with van der Waals surface area (Å²) in [4.78, 5) is 17.6. The molecule has 2 atom stereocenters. The number of piperidine rings is 1. The quantitative estimate of drug-likeness (QED) is 0.790. The number of aliphatic hydroxyl groups excluding tert-OH is 1. The van der Waals surface area contributed by atoms with Crippen LogP contribution in [0.5, 0.6) is 0 Å². The second kappa shape index (κ2) is 5.41. The van der Waals surface area contributed by atoms with E-state index in [0.717, 1.165) is 22.9 Å². The average molecular weight is 302 g/mol. The third kappa shape index (κ3) is 2.40. The lowest BCUT2D eigenvalue weighted by atomic mass is 9.90. The zero-order valence-corrected chi connectivity index (χ0v) is 13.0. The van der Waals surface area contributed by atoms with Gasteiger partial charge >= 0.3 is 0 Å². The van der Waals surface area contributed by atoms with Crippen molar-refractivity contribution in [1.82, 2.24) is 9.88 Å². The molecule has 0 unspecified atom stereocenters. The predicted octanol–water partition coefficient (Wildman–Crippen LogP) is 1.69. The van der Waals surface area contributed by atoms with Crippen LogP contribution >= 0.6 is 0 Å². The van der Waals surface area contributed by atoms with Gasteiger partial charge in [0.2, 0.25) is 0 Å². The maximum absolute atomic E-state index is 12.8. The zero-order valence-electron chi connectivity index (χ0n) is 13.0. The molecular weight excluding hydrogens is 280 g/mol. The van der Waals surface area contributed by atoms with Crippen LogP contribution in [0.15, 0.2) is 24.3 Å². The second-order valence-electron chi connectivity index (χ2n) is 6.25. The third-order valence-electron chi connectivity index (χ3n) is 4.67. The summed E-state index contributed by atoms with van der Waals surface area (Å²) in [5.74, 6) is -0.109. The molecule has 3 N–H and O–H groups in total. The van der Waals surface area contributed by atoms with Gasteiger partial charge in [0.25, 0.3) is 5.91 Å². The van der Waals surface area contributed by atoms with Gasteiger partial charge in [-0.25, -0.2) is 0 Å². The fraction of sp³-hybridized carbons (Fsp3) is 0.471. The Kier molecular flexibility index (Phi) is 3.70. The number of rotatable bonds is 2. The summed E-state index contributed by atoms with van der Waals surface area (Å²) >= 11 is 0. The van der Waals surface area contributed by atoms with Gasteiger partial charge < -0.3 is 20.1 Å². The normalized spacial score (nSPS) is 25.6. The fourth-order valence-corrected chi connectivity index (χ4v) is 3.12. The summed E-state index contributed by atoms with van der Waals surface area (Å²) in [7, 11) is 0. The molecule has 1 aromatic carbocycles. The lowest BCUT2D eigenvalue weighted by Crippen LogP contribution is -2.55. The lowest BCUT2D eigenvalue weighted by molar-refractivity contribution is -0.0999. The lowest BCUT2D eigenvalue weighted by Gasteiger charge is -2.39. The van der Waals surface area contributed by atoms with Crippen molar-refractivity contribution in [3.8, 4) is 0 Å². The molecule has 0 aliphatic carbocycles. The van der Waals surface area contributed by atoms with Crippen LogP contribution in [0.1, 0.15) is 36.3 Å². The van der Waals surface area contributed by atoms with Crippen LogP contribution in [0.2, 0.25) is 0 Å². The summed E-state index contributed by atoms with van der Waals surface area (Å²) in [5, 5.41) is 21.1. The standard InChI is InChI=1S/C17H22N2O3/c1-3-11-12-6-4-5-7-13(12)18-15(11)16(21)19-9-8-17(2,22)14(20)10-19/h4-7,14,18,20,22H,3,8-10H2,1-2H3/t14-,17-/m1/s1. The number of nitrogens with zero attached hydrogens (tertiary/aromatic N) is 1. The highest BCUT2D eigenvalue weighted by Crippen LogP contribution is 2.27. The topological polar surface area (TPSA) is 76.6 Å². The van der Waals surface area contributed by atoms with Gasteiger partial charge in [-0.15, -0.1) is 0 Å². The van der Waals surface area contributed by atoms with E-state index in [1.165, 1.54) is 0 Å². The molecule has 2 aromatic rings. The van der Waals surface area contributed by atoms with Crippen LogP contribution in [0, 0.1) is 0 Å². The summed E-state index contributed by atoms with van der Waals surface area (Å²) in [6.45, 7) is 4.24. The number of aromatic nitrogens is 1. The number of benzene rings is 1. The Balaban J connectivity index is 1.93. The molecule has 118 valence electrons. The van der Waals surface area contributed by atoms with Gasteiger partial charge in [0.15, 0.2) is 0 Å². The number of fused-ring (bicyclic) bond motifs is 1. The largest absolute Gasteiger partial charge is 0.388 e. The van der Waals surface area contributed by atoms with E-state index in [1.54, 1.807) is 11.8 Å². The number of hydrogen-bond acceptors (Lipinski definition) is 3. The Morgan fingerprint density at radius 2 is 2.18 bits per heavy atom. The van der Waals surface area contributed by atoms with Crippen LogP contribution in [0.4, 0.5) is 0 Å². The first kappa shape index (κ1) is 15.1. The Morgan fingerprint density at radius 1 is 1.45 bits per heavy atom. The van der Waals surface area contributed by atoms with E-state index in [9.17, 15) is 15.0 Å². The maximum Gasteiger partial charge on any atom is 0.270 e. The third-order valence-corrected chi connectivity index (χ3v) is 4.67. The number of carbonyl (C=O) groups is 1. The molecule has 0 radical (unpaired) electrons. The molecule has 3 rings (SSSR count). The Morgan fingerprint density at radius 3 is 2.86 bits per heavy atom. The van der Waals surface area contributed by atoms with Gasteiger partial charge in [0.1, 0.15) is 5.69 Å². The van der Waals surface area contributed by atoms with Crippen LogP contribution in [0.25, 0.3) is 10.9 Å². The van der Waals surface area contributed by atoms with E-state index in [1.807, 2.05) is 31.2 Å². The highest BCUT2D eigenvalue weighted by molar-refractivity contribution is 6.01. The number of amides is 1. The molecule has 1 aliphatic heterocycles. The van der Waals surface area contributed by atoms with Gasteiger partial charge in [-0.2, -0.15) is 0 Å². The minimum absolute atomic E-state index is 0.109. The molecule has 1 aliphatic rings. The van der Waals surface area contributed by atoms with Crippen molar-refractivity contribution in [3.63, 3.8) is 0 Å². The summed E-state index contributed by atoms with van der Waals surface area (Å²) in [6.07, 6.45) is 0.223. The number of carbonyl (C=O) groups excluding carboxylic acids is 1. The molecule has 5 nitrogen and oxygen atoms in total. The van der Waals surface area contributed by atoms with E-state index in [2.05, 4.69) is 4.98 Å². The maximum atomic E-state index is 12.8. The number of aliphatic hydroxyl groups is 2. The van der Waals surface area contributed by atoms with Gasteiger partial charge in [-0.1, -0.05) is 25.1 Å². The number of aryl methyl sites for hydroxylation is 1. The summed E-state index contributed by atoms with van der Waals surface area (Å²) in [5.41, 5.74) is 1.43. The van der Waals surface area contributed by atoms with E-state index in [4.69, 9.17) is 0 Å². The molecule has 1 aromatic heterocycles. The van der Waals surface area contributed by atoms with Crippen molar-refractivity contribution in [1.29, 1.82) is 0 Å². The van der Waals surface area contributed by atoms with E-state index in [-0.39, 0.29) is 12.5 Å². The number of likely N-dealkylation sites (tertiary alicyclic amines) is 1. The first-order chi connectivity index (χ1) is 10.4.